The Morgan fingerprint density at radius 2 is 1.63 bits per heavy atom. The van der Waals surface area contributed by atoms with Crippen molar-refractivity contribution in [2.45, 2.75) is 6.18 Å². The minimum atomic E-state index is -4.31. The fraction of sp³-hybridized carbons (Fsp3) is 0.133. The van der Waals surface area contributed by atoms with Crippen LogP contribution < -0.4 is 4.57 Å². The van der Waals surface area contributed by atoms with Crippen LogP contribution in [0, 0.1) is 11.8 Å². The minimum Gasteiger partial charge on any atom is -0.194 e. The van der Waals surface area contributed by atoms with E-state index in [1.807, 2.05) is 36.0 Å². The van der Waals surface area contributed by atoms with Gasteiger partial charge >= 0.3 is 6.18 Å². The molecule has 0 saturated carbocycles. The highest BCUT2D eigenvalue weighted by atomic mass is 19.4. The normalized spacial score (nSPS) is 10.7. The minimum absolute atomic E-state index is 0.553. The Bertz CT molecular complexity index is 631. The molecule has 0 unspecified atom stereocenters. The van der Waals surface area contributed by atoms with E-state index in [1.165, 1.54) is 12.1 Å². The van der Waals surface area contributed by atoms with E-state index >= 15 is 0 Å². The number of halogens is 3. The average molecular weight is 262 g/mol. The Balaban J connectivity index is 2.24. The summed E-state index contributed by atoms with van der Waals surface area (Å²) in [7, 11) is 1.86. The highest BCUT2D eigenvalue weighted by molar-refractivity contribution is 5.40. The molecule has 0 saturated heterocycles. The van der Waals surface area contributed by atoms with Crippen LogP contribution in [0.3, 0.4) is 0 Å². The van der Waals surface area contributed by atoms with Gasteiger partial charge in [-0.25, -0.2) is 0 Å². The molecule has 4 heteroatoms. The van der Waals surface area contributed by atoms with Crippen LogP contribution in [-0.2, 0) is 13.2 Å². The van der Waals surface area contributed by atoms with Crippen molar-refractivity contribution >= 4 is 0 Å². The molecule has 96 valence electrons. The molecule has 1 aromatic heterocycles. The lowest BCUT2D eigenvalue weighted by Gasteiger charge is -2.05. The zero-order chi connectivity index (χ0) is 13.9. The first-order valence-corrected chi connectivity index (χ1v) is 5.61. The molecule has 0 aliphatic carbocycles. The van der Waals surface area contributed by atoms with Crippen LogP contribution in [0.5, 0.6) is 0 Å². The van der Waals surface area contributed by atoms with Gasteiger partial charge in [-0.05, 0) is 30.3 Å². The van der Waals surface area contributed by atoms with Crippen LogP contribution in [0.1, 0.15) is 16.8 Å². The fourth-order valence-corrected chi connectivity index (χ4v) is 1.53. The topological polar surface area (TPSA) is 3.88 Å². The number of rotatable bonds is 0. The van der Waals surface area contributed by atoms with Crippen molar-refractivity contribution in [2.24, 2.45) is 7.05 Å². The molecule has 1 heterocycles. The molecule has 1 aromatic carbocycles. The largest absolute Gasteiger partial charge is 0.416 e. The molecular weight excluding hydrogens is 251 g/mol. The number of nitrogens with zero attached hydrogens (tertiary/aromatic N) is 1. The van der Waals surface area contributed by atoms with E-state index in [1.54, 1.807) is 0 Å². The molecule has 0 atom stereocenters. The third-order valence-electron chi connectivity index (χ3n) is 2.60. The third kappa shape index (κ3) is 3.35. The molecule has 0 bridgehead atoms. The van der Waals surface area contributed by atoms with E-state index in [2.05, 4.69) is 11.8 Å². The summed E-state index contributed by atoms with van der Waals surface area (Å²) in [5.41, 5.74) is 0.683. The number of alkyl halides is 3. The Morgan fingerprint density at radius 3 is 2.21 bits per heavy atom. The standard InChI is InChI=1S/C15H11F3N/c1-19-11-3-2-4-14(19)10-7-12-5-8-13(9-6-12)15(16,17)18/h2-6,8-9,11H,1H3/q+1. The second-order valence-electron chi connectivity index (χ2n) is 4.02. The molecular formula is C15H11F3N+. The Labute approximate surface area is 109 Å². The maximum absolute atomic E-state index is 12.4. The van der Waals surface area contributed by atoms with E-state index in [9.17, 15) is 13.2 Å². The van der Waals surface area contributed by atoms with Crippen molar-refractivity contribution < 1.29 is 17.7 Å². The van der Waals surface area contributed by atoms with Crippen LogP contribution in [0.15, 0.2) is 48.7 Å². The summed E-state index contributed by atoms with van der Waals surface area (Å²) < 4.78 is 39.0. The highest BCUT2D eigenvalue weighted by Crippen LogP contribution is 2.28. The molecule has 0 N–H and O–H groups in total. The second-order valence-corrected chi connectivity index (χ2v) is 4.02. The van der Waals surface area contributed by atoms with Gasteiger partial charge in [0, 0.05) is 23.6 Å². The van der Waals surface area contributed by atoms with Gasteiger partial charge in [0.25, 0.3) is 5.69 Å². The summed E-state index contributed by atoms with van der Waals surface area (Å²) >= 11 is 0. The van der Waals surface area contributed by atoms with Gasteiger partial charge in [0.2, 0.25) is 0 Å². The summed E-state index contributed by atoms with van der Waals surface area (Å²) in [4.78, 5) is 0. The first-order chi connectivity index (χ1) is 8.97. The van der Waals surface area contributed by atoms with Crippen molar-refractivity contribution in [3.05, 3.63) is 65.5 Å². The summed E-state index contributed by atoms with van der Waals surface area (Å²) in [6.45, 7) is 0. The van der Waals surface area contributed by atoms with Gasteiger partial charge in [-0.2, -0.15) is 17.7 Å². The predicted octanol–water partition coefficient (Wildman–Crippen LogP) is 2.93. The Morgan fingerprint density at radius 1 is 0.947 bits per heavy atom. The van der Waals surface area contributed by atoms with Crippen LogP contribution in [0.4, 0.5) is 13.2 Å². The number of aromatic nitrogens is 1. The zero-order valence-electron chi connectivity index (χ0n) is 10.2. The molecule has 2 rings (SSSR count). The third-order valence-corrected chi connectivity index (χ3v) is 2.60. The van der Waals surface area contributed by atoms with Crippen molar-refractivity contribution in [3.8, 4) is 11.8 Å². The van der Waals surface area contributed by atoms with Gasteiger partial charge in [-0.1, -0.05) is 5.92 Å². The van der Waals surface area contributed by atoms with E-state index in [0.717, 1.165) is 17.8 Å². The monoisotopic (exact) mass is 262 g/mol. The highest BCUT2D eigenvalue weighted by Gasteiger charge is 2.29. The van der Waals surface area contributed by atoms with E-state index in [4.69, 9.17) is 0 Å². The second kappa shape index (κ2) is 5.15. The van der Waals surface area contributed by atoms with Gasteiger partial charge in [-0.15, -0.1) is 0 Å². The van der Waals surface area contributed by atoms with Gasteiger partial charge < -0.3 is 0 Å². The predicted molar refractivity (Wildman–Crippen MR) is 65.0 cm³/mol. The molecule has 0 radical (unpaired) electrons. The van der Waals surface area contributed by atoms with Crippen LogP contribution in [0.2, 0.25) is 0 Å². The van der Waals surface area contributed by atoms with Crippen molar-refractivity contribution in [2.75, 3.05) is 0 Å². The molecule has 1 nitrogen and oxygen atoms in total. The van der Waals surface area contributed by atoms with Crippen LogP contribution >= 0.6 is 0 Å². The van der Waals surface area contributed by atoms with Crippen molar-refractivity contribution in [1.82, 2.24) is 0 Å². The molecule has 0 amide bonds. The lowest BCUT2D eigenvalue weighted by molar-refractivity contribution is -0.673. The molecule has 0 aliphatic heterocycles. The maximum Gasteiger partial charge on any atom is 0.416 e. The maximum atomic E-state index is 12.4. The van der Waals surface area contributed by atoms with Gasteiger partial charge in [-0.3, -0.25) is 0 Å². The lowest BCUT2D eigenvalue weighted by Crippen LogP contribution is -2.31. The number of aryl methyl sites for hydroxylation is 1. The van der Waals surface area contributed by atoms with Crippen molar-refractivity contribution in [1.29, 1.82) is 0 Å². The van der Waals surface area contributed by atoms with E-state index < -0.39 is 11.7 Å². The molecule has 0 spiro atoms. The first-order valence-electron chi connectivity index (χ1n) is 5.61. The lowest BCUT2D eigenvalue weighted by atomic mass is 10.1. The van der Waals surface area contributed by atoms with Gasteiger partial charge in [0.05, 0.1) is 5.56 Å². The quantitative estimate of drug-likeness (QED) is 0.507. The van der Waals surface area contributed by atoms with E-state index in [-0.39, 0.29) is 0 Å². The number of hydrogen-bond donors (Lipinski definition) is 0. The number of benzene rings is 1. The van der Waals surface area contributed by atoms with Crippen molar-refractivity contribution in [3.63, 3.8) is 0 Å². The SMILES string of the molecule is C[n+]1ccccc1C#Cc1ccc(C(F)(F)F)cc1. The molecule has 0 aliphatic rings. The number of pyridine rings is 1. The fourth-order valence-electron chi connectivity index (χ4n) is 1.53. The summed E-state index contributed by atoms with van der Waals surface area (Å²) in [5, 5.41) is 0. The number of hydrogen-bond acceptors (Lipinski definition) is 0. The Hall–Kier alpha value is -2.28. The molecule has 2 aromatic rings. The smallest absolute Gasteiger partial charge is 0.194 e. The van der Waals surface area contributed by atoms with E-state index in [0.29, 0.717) is 5.56 Å². The van der Waals surface area contributed by atoms with Crippen LogP contribution in [-0.4, -0.2) is 0 Å². The average Bonchev–Trinajstić information content (AvgIpc) is 2.37. The van der Waals surface area contributed by atoms with Gasteiger partial charge in [0.15, 0.2) is 6.20 Å². The Kier molecular flexibility index (Phi) is 3.57. The molecule has 0 fully saturated rings. The van der Waals surface area contributed by atoms with Gasteiger partial charge in [0.1, 0.15) is 7.05 Å². The zero-order valence-corrected chi connectivity index (χ0v) is 10.2. The van der Waals surface area contributed by atoms with Crippen LogP contribution in [0.25, 0.3) is 0 Å². The summed E-state index contributed by atoms with van der Waals surface area (Å²) in [6.07, 6.45) is -2.45. The summed E-state index contributed by atoms with van der Waals surface area (Å²) in [5.74, 6) is 5.76. The summed E-state index contributed by atoms with van der Waals surface area (Å²) in [6, 6.07) is 10.4. The molecule has 19 heavy (non-hydrogen) atoms. The first kappa shape index (κ1) is 13.2.